The lowest BCUT2D eigenvalue weighted by molar-refractivity contribution is -0.122. The normalized spacial score (nSPS) is 19.0. The number of rotatable bonds is 6. The van der Waals surface area contributed by atoms with E-state index in [1.165, 1.54) is 11.1 Å². The van der Waals surface area contributed by atoms with Gasteiger partial charge >= 0.3 is 0 Å². The summed E-state index contributed by atoms with van der Waals surface area (Å²) in [6, 6.07) is 14.1. The number of benzene rings is 2. The van der Waals surface area contributed by atoms with Gasteiger partial charge in [-0.25, -0.2) is 9.97 Å². The summed E-state index contributed by atoms with van der Waals surface area (Å²) >= 11 is 6.45. The fourth-order valence-electron chi connectivity index (χ4n) is 5.42. The number of nitrogens with one attached hydrogen (secondary N) is 2. The van der Waals surface area contributed by atoms with Gasteiger partial charge in [-0.15, -0.1) is 0 Å². The molecule has 3 heterocycles. The molecule has 8 nitrogen and oxygen atoms in total. The van der Waals surface area contributed by atoms with Crippen LogP contribution in [0.2, 0.25) is 5.02 Å². The van der Waals surface area contributed by atoms with Crippen molar-refractivity contribution in [2.24, 2.45) is 0 Å². The number of halogens is 1. The number of aromatic nitrogens is 2. The van der Waals surface area contributed by atoms with E-state index in [0.29, 0.717) is 42.0 Å². The molecular formula is C28H28ClN5O3. The van der Waals surface area contributed by atoms with Crippen LogP contribution in [0.25, 0.3) is 11.3 Å². The summed E-state index contributed by atoms with van der Waals surface area (Å²) in [5, 5.41) is 6.89. The van der Waals surface area contributed by atoms with Crippen LogP contribution in [-0.2, 0) is 22.5 Å². The van der Waals surface area contributed by atoms with Gasteiger partial charge in [0.15, 0.2) is 0 Å². The van der Waals surface area contributed by atoms with Gasteiger partial charge in [0, 0.05) is 36.9 Å². The Morgan fingerprint density at radius 3 is 2.81 bits per heavy atom. The van der Waals surface area contributed by atoms with Crippen LogP contribution in [0.4, 0.5) is 5.95 Å². The van der Waals surface area contributed by atoms with Crippen LogP contribution < -0.4 is 10.6 Å². The molecule has 37 heavy (non-hydrogen) atoms. The van der Waals surface area contributed by atoms with E-state index in [1.54, 1.807) is 11.1 Å². The van der Waals surface area contributed by atoms with Crippen molar-refractivity contribution < 1.29 is 14.3 Å². The van der Waals surface area contributed by atoms with Crippen molar-refractivity contribution in [3.63, 3.8) is 0 Å². The number of nitrogens with zero attached hydrogens (tertiary/aromatic N) is 3. The van der Waals surface area contributed by atoms with Crippen LogP contribution >= 0.6 is 11.6 Å². The molecule has 0 spiro atoms. The van der Waals surface area contributed by atoms with Gasteiger partial charge in [-0.2, -0.15) is 0 Å². The maximum absolute atomic E-state index is 13.2. The molecule has 6 rings (SSSR count). The smallest absolute Gasteiger partial charge is 0.254 e. The van der Waals surface area contributed by atoms with Crippen molar-refractivity contribution in [3.05, 3.63) is 75.9 Å². The van der Waals surface area contributed by atoms with Gasteiger partial charge in [0.05, 0.1) is 23.0 Å². The van der Waals surface area contributed by atoms with Crippen molar-refractivity contribution in [1.82, 2.24) is 20.2 Å². The maximum atomic E-state index is 13.2. The van der Waals surface area contributed by atoms with Crippen LogP contribution in [0.15, 0.2) is 48.7 Å². The number of carbonyl (C=O) groups excluding carboxylic acids is 2. The third kappa shape index (κ3) is 4.91. The minimum atomic E-state index is -0.162. The molecule has 3 aliphatic rings. The van der Waals surface area contributed by atoms with Gasteiger partial charge in [0.25, 0.3) is 5.91 Å². The first-order chi connectivity index (χ1) is 18.0. The van der Waals surface area contributed by atoms with Crippen molar-refractivity contribution >= 4 is 29.4 Å². The topological polar surface area (TPSA) is 96.5 Å². The minimum absolute atomic E-state index is 0.000712. The van der Waals surface area contributed by atoms with Gasteiger partial charge < -0.3 is 20.3 Å². The standard InChI is InChI=1S/C28H28ClN5O3/c29-23-14-30-28(31-20-9-11-37-12-10-20)33-26(23)18-5-6-19-15-34(27(36)22(19)13-18)16-25(35)32-24-8-7-17-3-1-2-4-21(17)24/h1-6,13-14,20,24H,7-12,15-16H2,(H,32,35)(H,30,31,33)/t24-/m1/s1. The molecule has 2 aliphatic heterocycles. The van der Waals surface area contributed by atoms with Gasteiger partial charge in [-0.1, -0.05) is 48.0 Å². The summed E-state index contributed by atoms with van der Waals surface area (Å²) in [5.41, 5.74) is 5.22. The zero-order valence-corrected chi connectivity index (χ0v) is 21.1. The largest absolute Gasteiger partial charge is 0.381 e. The third-order valence-corrected chi connectivity index (χ3v) is 7.64. The van der Waals surface area contributed by atoms with Crippen LogP contribution in [0.3, 0.4) is 0 Å². The fourth-order valence-corrected chi connectivity index (χ4v) is 5.62. The number of ether oxygens (including phenoxy) is 1. The highest BCUT2D eigenvalue weighted by atomic mass is 35.5. The van der Waals surface area contributed by atoms with E-state index in [2.05, 4.69) is 32.7 Å². The maximum Gasteiger partial charge on any atom is 0.254 e. The minimum Gasteiger partial charge on any atom is -0.381 e. The molecule has 0 radical (unpaired) electrons. The molecule has 1 saturated heterocycles. The van der Waals surface area contributed by atoms with E-state index in [0.717, 1.165) is 36.8 Å². The molecular weight excluding hydrogens is 490 g/mol. The molecule has 9 heteroatoms. The van der Waals surface area contributed by atoms with Gasteiger partial charge in [-0.3, -0.25) is 9.59 Å². The lowest BCUT2D eigenvalue weighted by Gasteiger charge is -2.23. The molecule has 3 aromatic rings. The molecule has 1 aromatic heterocycles. The summed E-state index contributed by atoms with van der Waals surface area (Å²) in [7, 11) is 0. The monoisotopic (exact) mass is 517 g/mol. The molecule has 0 bridgehead atoms. The Kier molecular flexibility index (Phi) is 6.52. The van der Waals surface area contributed by atoms with Crippen LogP contribution in [-0.4, -0.2) is 52.5 Å². The lowest BCUT2D eigenvalue weighted by atomic mass is 10.0. The molecule has 2 N–H and O–H groups in total. The highest BCUT2D eigenvalue weighted by Gasteiger charge is 2.31. The second kappa shape index (κ2) is 10.1. The molecule has 190 valence electrons. The van der Waals surface area contributed by atoms with E-state index in [4.69, 9.17) is 16.3 Å². The van der Waals surface area contributed by atoms with E-state index < -0.39 is 0 Å². The van der Waals surface area contributed by atoms with Gasteiger partial charge in [0.1, 0.15) is 6.54 Å². The van der Waals surface area contributed by atoms with Crippen LogP contribution in [0.5, 0.6) is 0 Å². The van der Waals surface area contributed by atoms with Crippen molar-refractivity contribution in [3.8, 4) is 11.3 Å². The Morgan fingerprint density at radius 1 is 1.11 bits per heavy atom. The average molecular weight is 518 g/mol. The summed E-state index contributed by atoms with van der Waals surface area (Å²) in [5.74, 6) is 0.195. The second-order valence-electron chi connectivity index (χ2n) is 9.81. The van der Waals surface area contributed by atoms with Gasteiger partial charge in [-0.05, 0) is 48.4 Å². The van der Waals surface area contributed by atoms with E-state index in [-0.39, 0.29) is 30.4 Å². The van der Waals surface area contributed by atoms with Crippen molar-refractivity contribution in [2.45, 2.75) is 44.3 Å². The molecule has 1 fully saturated rings. The number of fused-ring (bicyclic) bond motifs is 2. The first-order valence-corrected chi connectivity index (χ1v) is 13.1. The summed E-state index contributed by atoms with van der Waals surface area (Å²) in [4.78, 5) is 36.6. The highest BCUT2D eigenvalue weighted by molar-refractivity contribution is 6.33. The predicted octanol–water partition coefficient (Wildman–Crippen LogP) is 4.15. The van der Waals surface area contributed by atoms with Crippen molar-refractivity contribution in [2.75, 3.05) is 25.1 Å². The lowest BCUT2D eigenvalue weighted by Crippen LogP contribution is -2.38. The van der Waals surface area contributed by atoms with E-state index in [1.807, 2.05) is 30.3 Å². The molecule has 1 aliphatic carbocycles. The van der Waals surface area contributed by atoms with E-state index in [9.17, 15) is 9.59 Å². The fraction of sp³-hybridized carbons (Fsp3) is 0.357. The first kappa shape index (κ1) is 23.9. The molecule has 1 atom stereocenters. The third-order valence-electron chi connectivity index (χ3n) is 7.36. The van der Waals surface area contributed by atoms with Gasteiger partial charge in [0.2, 0.25) is 11.9 Å². The Balaban J connectivity index is 1.14. The molecule has 2 aromatic carbocycles. The summed E-state index contributed by atoms with van der Waals surface area (Å²) < 4.78 is 5.42. The SMILES string of the molecule is O=C(CN1Cc2ccc(-c3nc(NC4CCOCC4)ncc3Cl)cc2C1=O)N[C@@H]1CCc2ccccc21. The Bertz CT molecular complexity index is 1360. The average Bonchev–Trinajstić information content (AvgIpc) is 3.46. The first-order valence-electron chi connectivity index (χ1n) is 12.7. The zero-order valence-electron chi connectivity index (χ0n) is 20.4. The summed E-state index contributed by atoms with van der Waals surface area (Å²) in [6.45, 7) is 1.85. The Hall–Kier alpha value is -3.49. The van der Waals surface area contributed by atoms with Crippen LogP contribution in [0, 0.1) is 0 Å². The molecule has 0 saturated carbocycles. The number of hydrogen-bond donors (Lipinski definition) is 2. The second-order valence-corrected chi connectivity index (χ2v) is 10.2. The van der Waals surface area contributed by atoms with Crippen molar-refractivity contribution in [1.29, 1.82) is 0 Å². The number of hydrogen-bond acceptors (Lipinski definition) is 6. The highest BCUT2D eigenvalue weighted by Crippen LogP contribution is 2.33. The number of amides is 2. The van der Waals surface area contributed by atoms with Crippen LogP contribution in [0.1, 0.15) is 52.4 Å². The Labute approximate surface area is 220 Å². The zero-order chi connectivity index (χ0) is 25.4. The van der Waals surface area contributed by atoms with E-state index >= 15 is 0 Å². The Morgan fingerprint density at radius 2 is 1.95 bits per heavy atom. The number of carbonyl (C=O) groups is 2. The summed E-state index contributed by atoms with van der Waals surface area (Å²) in [6.07, 6.45) is 5.21. The number of anilines is 1. The molecule has 2 amide bonds. The predicted molar refractivity (Wildman–Crippen MR) is 140 cm³/mol. The quantitative estimate of drug-likeness (QED) is 0.510. The number of aryl methyl sites for hydroxylation is 1. The molecule has 0 unspecified atom stereocenters.